The molecule has 1 heterocycles. The Labute approximate surface area is 149 Å². The first kappa shape index (κ1) is 16.1. The Kier molecular flexibility index (Phi) is 4.00. The smallest absolute Gasteiger partial charge is 0.272 e. The van der Waals surface area contributed by atoms with Gasteiger partial charge in [-0.1, -0.05) is 17.7 Å². The molecule has 5 nitrogen and oxygen atoms in total. The van der Waals surface area contributed by atoms with Crippen LogP contribution in [0.5, 0.6) is 0 Å². The number of aromatic amines is 1. The topological polar surface area (TPSA) is 85.3 Å². The second-order valence-corrected chi connectivity index (χ2v) is 6.77. The molecule has 0 saturated carbocycles. The fourth-order valence-corrected chi connectivity index (χ4v) is 3.46. The van der Waals surface area contributed by atoms with Crippen LogP contribution in [0, 0.1) is 0 Å². The number of hydrogen-bond donors (Lipinski definition) is 4. The maximum Gasteiger partial charge on any atom is 0.272 e. The molecule has 25 heavy (non-hydrogen) atoms. The van der Waals surface area contributed by atoms with E-state index in [0.717, 1.165) is 22.0 Å². The molecule has 2 aromatic carbocycles. The van der Waals surface area contributed by atoms with Crippen LogP contribution in [0.1, 0.15) is 34.1 Å². The van der Waals surface area contributed by atoms with Crippen molar-refractivity contribution in [2.24, 2.45) is 0 Å². The van der Waals surface area contributed by atoms with Crippen molar-refractivity contribution in [2.75, 3.05) is 5.32 Å². The third kappa shape index (κ3) is 3.02. The Balaban J connectivity index is 1.58. The van der Waals surface area contributed by atoms with Gasteiger partial charge in [0, 0.05) is 21.6 Å². The summed E-state index contributed by atoms with van der Waals surface area (Å²) in [5, 5.41) is 24.1. The first-order valence-corrected chi connectivity index (χ1v) is 8.47. The number of benzene rings is 2. The van der Waals surface area contributed by atoms with Crippen LogP contribution in [0.2, 0.25) is 5.02 Å². The van der Waals surface area contributed by atoms with E-state index < -0.39 is 12.2 Å². The number of carbonyl (C=O) groups excluding carboxylic acids is 1. The van der Waals surface area contributed by atoms with Crippen LogP contribution in [-0.2, 0) is 6.42 Å². The lowest BCUT2D eigenvalue weighted by Crippen LogP contribution is -2.25. The average Bonchev–Trinajstić information content (AvgIpc) is 3.01. The van der Waals surface area contributed by atoms with Crippen LogP contribution in [0.3, 0.4) is 0 Å². The third-order valence-corrected chi connectivity index (χ3v) is 4.86. The van der Waals surface area contributed by atoms with Crippen molar-refractivity contribution in [1.29, 1.82) is 0 Å². The van der Waals surface area contributed by atoms with Crippen molar-refractivity contribution < 1.29 is 15.0 Å². The molecule has 1 aliphatic rings. The fraction of sp³-hybridized carbons (Fsp3) is 0.211. The summed E-state index contributed by atoms with van der Waals surface area (Å²) in [6, 6.07) is 12.5. The van der Waals surface area contributed by atoms with Crippen LogP contribution >= 0.6 is 11.6 Å². The zero-order valence-corrected chi connectivity index (χ0v) is 14.0. The highest BCUT2D eigenvalue weighted by atomic mass is 35.5. The van der Waals surface area contributed by atoms with Gasteiger partial charge in [-0.2, -0.15) is 0 Å². The van der Waals surface area contributed by atoms with Crippen molar-refractivity contribution in [3.8, 4) is 0 Å². The monoisotopic (exact) mass is 356 g/mol. The minimum atomic E-state index is -0.869. The molecule has 0 spiro atoms. The van der Waals surface area contributed by atoms with Crippen molar-refractivity contribution >= 4 is 34.1 Å². The van der Waals surface area contributed by atoms with E-state index in [-0.39, 0.29) is 5.91 Å². The molecular weight excluding hydrogens is 340 g/mol. The number of anilines is 1. The Morgan fingerprint density at radius 1 is 1.16 bits per heavy atom. The molecule has 1 aromatic heterocycles. The van der Waals surface area contributed by atoms with E-state index >= 15 is 0 Å². The first-order chi connectivity index (χ1) is 12.0. The van der Waals surface area contributed by atoms with E-state index in [0.29, 0.717) is 29.2 Å². The van der Waals surface area contributed by atoms with Gasteiger partial charge in [-0.05, 0) is 60.4 Å². The number of aliphatic hydroxyl groups excluding tert-OH is 2. The number of rotatable bonds is 2. The molecule has 0 bridgehead atoms. The second-order valence-electron chi connectivity index (χ2n) is 6.33. The molecule has 128 valence electrons. The zero-order valence-electron chi connectivity index (χ0n) is 13.3. The van der Waals surface area contributed by atoms with Gasteiger partial charge < -0.3 is 20.5 Å². The predicted molar refractivity (Wildman–Crippen MR) is 97.0 cm³/mol. The van der Waals surface area contributed by atoms with Gasteiger partial charge in [0.15, 0.2) is 0 Å². The zero-order chi connectivity index (χ0) is 17.6. The van der Waals surface area contributed by atoms with Crippen LogP contribution in [0.4, 0.5) is 5.69 Å². The molecule has 0 fully saturated rings. The van der Waals surface area contributed by atoms with Gasteiger partial charge in [0.2, 0.25) is 0 Å². The normalized spacial score (nSPS) is 19.6. The number of fused-ring (bicyclic) bond motifs is 2. The summed E-state index contributed by atoms with van der Waals surface area (Å²) < 4.78 is 0. The Bertz CT molecular complexity index is 966. The van der Waals surface area contributed by atoms with Gasteiger partial charge >= 0.3 is 0 Å². The summed E-state index contributed by atoms with van der Waals surface area (Å²) in [5.41, 5.74) is 3.61. The second kappa shape index (κ2) is 6.19. The molecule has 3 aromatic rings. The highest BCUT2D eigenvalue weighted by Gasteiger charge is 2.26. The van der Waals surface area contributed by atoms with Gasteiger partial charge in [-0.25, -0.2) is 0 Å². The third-order valence-electron chi connectivity index (χ3n) is 4.62. The van der Waals surface area contributed by atoms with E-state index in [1.54, 1.807) is 30.3 Å². The van der Waals surface area contributed by atoms with E-state index in [9.17, 15) is 15.0 Å². The molecular formula is C19H17ClN2O3. The lowest BCUT2D eigenvalue weighted by atomic mass is 9.87. The van der Waals surface area contributed by atoms with E-state index in [1.807, 2.05) is 12.1 Å². The maximum absolute atomic E-state index is 12.5. The van der Waals surface area contributed by atoms with Crippen LogP contribution in [0.15, 0.2) is 42.5 Å². The highest BCUT2D eigenvalue weighted by Crippen LogP contribution is 2.32. The molecule has 0 radical (unpaired) electrons. The summed E-state index contributed by atoms with van der Waals surface area (Å²) in [5.74, 6) is -0.247. The van der Waals surface area contributed by atoms with E-state index in [4.69, 9.17) is 11.6 Å². The number of nitrogens with one attached hydrogen (secondary N) is 2. The molecule has 1 aliphatic carbocycles. The van der Waals surface area contributed by atoms with Gasteiger partial charge in [0.05, 0.1) is 6.10 Å². The predicted octanol–water partition coefficient (Wildman–Crippen LogP) is 3.41. The number of carbonyl (C=O) groups is 1. The van der Waals surface area contributed by atoms with Crippen molar-refractivity contribution in [1.82, 2.24) is 4.98 Å². The molecule has 1 amide bonds. The number of aliphatic hydroxyl groups is 2. The summed E-state index contributed by atoms with van der Waals surface area (Å²) in [4.78, 5) is 15.6. The van der Waals surface area contributed by atoms with Gasteiger partial charge in [0.1, 0.15) is 11.8 Å². The molecule has 4 N–H and O–H groups in total. The van der Waals surface area contributed by atoms with Gasteiger partial charge in [-0.3, -0.25) is 4.79 Å². The van der Waals surface area contributed by atoms with E-state index in [1.165, 1.54) is 0 Å². The summed E-state index contributed by atoms with van der Waals surface area (Å²) in [6.45, 7) is 0. The number of H-pyrrole nitrogens is 1. The molecule has 2 atom stereocenters. The van der Waals surface area contributed by atoms with Gasteiger partial charge in [0.25, 0.3) is 5.91 Å². The highest BCUT2D eigenvalue weighted by molar-refractivity contribution is 6.31. The fourth-order valence-electron chi connectivity index (χ4n) is 3.28. The van der Waals surface area contributed by atoms with Crippen molar-refractivity contribution in [2.45, 2.75) is 25.0 Å². The average molecular weight is 357 g/mol. The number of aryl methyl sites for hydroxylation is 1. The number of aromatic nitrogens is 1. The Morgan fingerprint density at radius 2 is 2.00 bits per heavy atom. The minimum absolute atomic E-state index is 0.247. The Morgan fingerprint density at radius 3 is 2.84 bits per heavy atom. The summed E-state index contributed by atoms with van der Waals surface area (Å²) >= 11 is 5.97. The minimum Gasteiger partial charge on any atom is -0.390 e. The molecule has 0 saturated heterocycles. The quantitative estimate of drug-likeness (QED) is 0.567. The number of hydrogen-bond acceptors (Lipinski definition) is 3. The van der Waals surface area contributed by atoms with Crippen molar-refractivity contribution in [3.05, 3.63) is 64.3 Å². The van der Waals surface area contributed by atoms with Crippen LogP contribution in [-0.4, -0.2) is 27.2 Å². The molecule has 4 rings (SSSR count). The largest absolute Gasteiger partial charge is 0.390 e. The lowest BCUT2D eigenvalue weighted by molar-refractivity contribution is 0.00651. The van der Waals surface area contributed by atoms with Crippen LogP contribution < -0.4 is 5.32 Å². The maximum atomic E-state index is 12.5. The Hall–Kier alpha value is -2.34. The SMILES string of the molecule is O=C(Nc1ccc2c(c1)CC[C@@H](O)[C@H]2O)c1cc2cc(Cl)ccc2[nH]1. The molecule has 0 unspecified atom stereocenters. The summed E-state index contributed by atoms with van der Waals surface area (Å²) in [7, 11) is 0. The summed E-state index contributed by atoms with van der Waals surface area (Å²) in [6.07, 6.45) is -0.422. The first-order valence-electron chi connectivity index (χ1n) is 8.10. The lowest BCUT2D eigenvalue weighted by Gasteiger charge is -2.26. The van der Waals surface area contributed by atoms with E-state index in [2.05, 4.69) is 10.3 Å². The van der Waals surface area contributed by atoms with Crippen molar-refractivity contribution in [3.63, 3.8) is 0 Å². The van der Waals surface area contributed by atoms with Gasteiger partial charge in [-0.15, -0.1) is 0 Å². The molecule has 6 heteroatoms. The number of halogens is 1. The number of amides is 1. The van der Waals surface area contributed by atoms with Crippen LogP contribution in [0.25, 0.3) is 10.9 Å². The molecule has 0 aliphatic heterocycles. The standard InChI is InChI=1S/C19H17ClN2O3/c20-12-2-5-15-11(7-12)9-16(22-15)19(25)21-13-3-4-14-10(8-13)1-6-17(23)18(14)24/h2-5,7-9,17-18,22-24H,1,6H2,(H,21,25)/t17-,18+/m1/s1.